The molecule has 1 amide bonds. The van der Waals surface area contributed by atoms with Crippen LogP contribution in [0.3, 0.4) is 0 Å². The Morgan fingerprint density at radius 2 is 1.77 bits per heavy atom. The molecule has 22 heavy (non-hydrogen) atoms. The Hall–Kier alpha value is -2.95. The number of ether oxygens (including phenoxy) is 2. The molecule has 3 aromatic carbocycles. The van der Waals surface area contributed by atoms with Crippen LogP contribution in [0, 0.1) is 0 Å². The highest BCUT2D eigenvalue weighted by atomic mass is 16.5. The summed E-state index contributed by atoms with van der Waals surface area (Å²) in [4.78, 5) is 12.2. The molecule has 0 saturated carbocycles. The number of amides is 1. The monoisotopic (exact) mass is 295 g/mol. The average molecular weight is 295 g/mol. The fraction of sp³-hybridized carbons (Fsp3) is 0.118. The SMILES string of the molecule is COc1c(O)c2c3c(cc4ccccc4c3c1OC)NC2=O. The average Bonchev–Trinajstić information content (AvgIpc) is 2.86. The molecular formula is C17H13NO4. The van der Waals surface area contributed by atoms with E-state index in [1.165, 1.54) is 14.2 Å². The number of phenolic OH excluding ortho intramolecular Hbond substituents is 1. The largest absolute Gasteiger partial charge is 0.504 e. The highest BCUT2D eigenvalue weighted by molar-refractivity contribution is 6.32. The molecule has 0 unspecified atom stereocenters. The summed E-state index contributed by atoms with van der Waals surface area (Å²) in [6, 6.07) is 9.68. The van der Waals surface area contributed by atoms with E-state index in [0.717, 1.165) is 16.2 Å². The van der Waals surface area contributed by atoms with Crippen molar-refractivity contribution in [1.82, 2.24) is 0 Å². The molecular weight excluding hydrogens is 282 g/mol. The third-order valence-corrected chi connectivity index (χ3v) is 4.07. The summed E-state index contributed by atoms with van der Waals surface area (Å²) in [6.45, 7) is 0. The maximum atomic E-state index is 12.2. The van der Waals surface area contributed by atoms with Gasteiger partial charge in [-0.25, -0.2) is 0 Å². The molecule has 110 valence electrons. The first-order valence-corrected chi connectivity index (χ1v) is 6.81. The summed E-state index contributed by atoms with van der Waals surface area (Å²) in [5, 5.41) is 16.5. The maximum Gasteiger partial charge on any atom is 0.260 e. The molecule has 0 bridgehead atoms. The van der Waals surface area contributed by atoms with Gasteiger partial charge >= 0.3 is 0 Å². The molecule has 4 rings (SSSR count). The summed E-state index contributed by atoms with van der Waals surface area (Å²) in [5.74, 6) is 0.0600. The number of benzene rings is 3. The maximum absolute atomic E-state index is 12.2. The highest BCUT2D eigenvalue weighted by Gasteiger charge is 2.32. The molecule has 0 radical (unpaired) electrons. The van der Waals surface area contributed by atoms with E-state index in [2.05, 4.69) is 5.32 Å². The second-order valence-electron chi connectivity index (χ2n) is 5.14. The number of anilines is 1. The quantitative estimate of drug-likeness (QED) is 0.712. The molecule has 0 atom stereocenters. The molecule has 3 aromatic rings. The lowest BCUT2D eigenvalue weighted by molar-refractivity contribution is 0.102. The molecule has 0 spiro atoms. The zero-order chi connectivity index (χ0) is 15.4. The predicted molar refractivity (Wildman–Crippen MR) is 84.2 cm³/mol. The van der Waals surface area contributed by atoms with Gasteiger partial charge in [0.05, 0.1) is 25.5 Å². The Labute approximate surface area is 126 Å². The van der Waals surface area contributed by atoms with Gasteiger partial charge in [-0.2, -0.15) is 0 Å². The van der Waals surface area contributed by atoms with E-state index >= 15 is 0 Å². The van der Waals surface area contributed by atoms with E-state index < -0.39 is 0 Å². The van der Waals surface area contributed by atoms with Crippen LogP contribution in [-0.2, 0) is 0 Å². The van der Waals surface area contributed by atoms with Crippen LogP contribution in [0.25, 0.3) is 21.5 Å². The van der Waals surface area contributed by atoms with Crippen LogP contribution in [0.1, 0.15) is 10.4 Å². The number of aromatic hydroxyl groups is 1. The van der Waals surface area contributed by atoms with Crippen LogP contribution in [0.2, 0.25) is 0 Å². The van der Waals surface area contributed by atoms with Crippen LogP contribution in [-0.4, -0.2) is 25.2 Å². The van der Waals surface area contributed by atoms with Crippen molar-refractivity contribution in [2.24, 2.45) is 0 Å². The number of carbonyl (C=O) groups excluding carboxylic acids is 1. The van der Waals surface area contributed by atoms with Crippen LogP contribution < -0.4 is 14.8 Å². The van der Waals surface area contributed by atoms with E-state index in [0.29, 0.717) is 16.8 Å². The van der Waals surface area contributed by atoms with E-state index in [9.17, 15) is 9.90 Å². The van der Waals surface area contributed by atoms with Gasteiger partial charge in [0.15, 0.2) is 11.5 Å². The third-order valence-electron chi connectivity index (χ3n) is 4.07. The molecule has 2 N–H and O–H groups in total. The summed E-state index contributed by atoms with van der Waals surface area (Å²) < 4.78 is 10.8. The van der Waals surface area contributed by atoms with Crippen molar-refractivity contribution in [3.05, 3.63) is 35.9 Å². The van der Waals surface area contributed by atoms with Gasteiger partial charge in [0.25, 0.3) is 5.91 Å². The fourth-order valence-electron chi connectivity index (χ4n) is 3.18. The van der Waals surface area contributed by atoms with Crippen LogP contribution in [0.15, 0.2) is 30.3 Å². The van der Waals surface area contributed by atoms with Gasteiger partial charge < -0.3 is 19.9 Å². The van der Waals surface area contributed by atoms with Crippen molar-refractivity contribution in [2.75, 3.05) is 19.5 Å². The van der Waals surface area contributed by atoms with E-state index in [1.54, 1.807) is 0 Å². The first kappa shape index (κ1) is 12.8. The number of nitrogens with one attached hydrogen (secondary N) is 1. The van der Waals surface area contributed by atoms with Gasteiger partial charge in [-0.1, -0.05) is 24.3 Å². The Balaban J connectivity index is 2.36. The number of carbonyl (C=O) groups is 1. The molecule has 0 aliphatic carbocycles. The van der Waals surface area contributed by atoms with Crippen molar-refractivity contribution in [1.29, 1.82) is 0 Å². The van der Waals surface area contributed by atoms with Crippen molar-refractivity contribution >= 4 is 33.1 Å². The highest BCUT2D eigenvalue weighted by Crippen LogP contribution is 2.52. The number of methoxy groups -OCH3 is 2. The van der Waals surface area contributed by atoms with Crippen molar-refractivity contribution < 1.29 is 19.4 Å². The minimum absolute atomic E-state index is 0.171. The molecule has 0 saturated heterocycles. The minimum atomic E-state index is -0.339. The van der Waals surface area contributed by atoms with Crippen LogP contribution in [0.5, 0.6) is 17.2 Å². The second kappa shape index (κ2) is 4.27. The Morgan fingerprint density at radius 3 is 2.50 bits per heavy atom. The smallest absolute Gasteiger partial charge is 0.260 e. The normalized spacial score (nSPS) is 12.7. The summed E-state index contributed by atoms with van der Waals surface area (Å²) in [6.07, 6.45) is 0. The molecule has 1 aliphatic heterocycles. The number of phenols is 1. The van der Waals surface area contributed by atoms with E-state index in [4.69, 9.17) is 9.47 Å². The molecule has 0 fully saturated rings. The Kier molecular flexibility index (Phi) is 2.48. The summed E-state index contributed by atoms with van der Waals surface area (Å²) >= 11 is 0. The lowest BCUT2D eigenvalue weighted by atomic mass is 9.96. The molecule has 1 heterocycles. The first-order valence-electron chi connectivity index (χ1n) is 6.81. The lowest BCUT2D eigenvalue weighted by Gasteiger charge is -2.15. The van der Waals surface area contributed by atoms with Crippen molar-refractivity contribution in [3.63, 3.8) is 0 Å². The minimum Gasteiger partial charge on any atom is -0.504 e. The van der Waals surface area contributed by atoms with Gasteiger partial charge in [-0.3, -0.25) is 4.79 Å². The van der Waals surface area contributed by atoms with Gasteiger partial charge in [0, 0.05) is 10.8 Å². The van der Waals surface area contributed by atoms with E-state index in [1.807, 2.05) is 30.3 Å². The van der Waals surface area contributed by atoms with Gasteiger partial charge in [-0.05, 0) is 16.8 Å². The first-order chi connectivity index (χ1) is 10.7. The number of fused-ring (bicyclic) bond motifs is 2. The molecule has 1 aliphatic rings. The van der Waals surface area contributed by atoms with Gasteiger partial charge in [-0.15, -0.1) is 0 Å². The second-order valence-corrected chi connectivity index (χ2v) is 5.14. The fourth-order valence-corrected chi connectivity index (χ4v) is 3.18. The predicted octanol–water partition coefficient (Wildman–Crippen LogP) is 3.28. The van der Waals surface area contributed by atoms with Crippen LogP contribution in [0.4, 0.5) is 5.69 Å². The van der Waals surface area contributed by atoms with Gasteiger partial charge in [0.1, 0.15) is 0 Å². The van der Waals surface area contributed by atoms with E-state index in [-0.39, 0.29) is 23.0 Å². The number of rotatable bonds is 2. The van der Waals surface area contributed by atoms with Gasteiger partial charge in [0.2, 0.25) is 5.75 Å². The standard InChI is InChI=1S/C17H13NO4/c1-21-15-11-9-6-4-3-5-8(9)7-10-12(11)13(17(20)18-10)14(19)16(15)22-2/h3-7,19H,1-2H3,(H,18,20). The topological polar surface area (TPSA) is 67.8 Å². The number of hydrogen-bond acceptors (Lipinski definition) is 4. The lowest BCUT2D eigenvalue weighted by Crippen LogP contribution is -2.05. The Morgan fingerprint density at radius 1 is 1.05 bits per heavy atom. The van der Waals surface area contributed by atoms with Crippen molar-refractivity contribution in [2.45, 2.75) is 0 Å². The molecule has 0 aromatic heterocycles. The summed E-state index contributed by atoms with van der Waals surface area (Å²) in [7, 11) is 2.96. The Bertz CT molecular complexity index is 962. The molecule has 5 nitrogen and oxygen atoms in total. The zero-order valence-electron chi connectivity index (χ0n) is 12.1. The summed E-state index contributed by atoms with van der Waals surface area (Å²) in [5.41, 5.74) is 0.901. The zero-order valence-corrected chi connectivity index (χ0v) is 12.1. The third kappa shape index (κ3) is 1.40. The number of hydrogen-bond donors (Lipinski definition) is 2. The van der Waals surface area contributed by atoms with Crippen LogP contribution >= 0.6 is 0 Å². The molecule has 5 heteroatoms. The van der Waals surface area contributed by atoms with Crippen molar-refractivity contribution in [3.8, 4) is 17.2 Å².